The molecule has 0 aromatic heterocycles. The predicted molar refractivity (Wildman–Crippen MR) is 54.8 cm³/mol. The van der Waals surface area contributed by atoms with Gasteiger partial charge in [-0.2, -0.15) is 0 Å². The Hall–Kier alpha value is -0.120. The van der Waals surface area contributed by atoms with Crippen LogP contribution in [0.5, 0.6) is 0 Å². The standard InChI is InChI=1S/C10H22N2O/c1-3-10(13,4-2)8-12-9-5-6-11-7-9/h9,11-13H,3-8H2,1-2H3. The lowest BCUT2D eigenvalue weighted by atomic mass is 9.97. The van der Waals surface area contributed by atoms with E-state index in [0.717, 1.165) is 32.5 Å². The van der Waals surface area contributed by atoms with Crippen molar-refractivity contribution in [2.24, 2.45) is 0 Å². The Kier molecular flexibility index (Phi) is 4.16. The minimum atomic E-state index is -0.497. The largest absolute Gasteiger partial charge is 0.389 e. The molecule has 1 unspecified atom stereocenters. The molecule has 13 heavy (non-hydrogen) atoms. The van der Waals surface area contributed by atoms with E-state index in [1.54, 1.807) is 0 Å². The second-order valence-corrected chi connectivity index (χ2v) is 4.00. The molecule has 3 nitrogen and oxygen atoms in total. The summed E-state index contributed by atoms with van der Waals surface area (Å²) < 4.78 is 0. The highest BCUT2D eigenvalue weighted by molar-refractivity contribution is 4.83. The molecule has 0 spiro atoms. The molecule has 3 N–H and O–H groups in total. The highest BCUT2D eigenvalue weighted by Crippen LogP contribution is 2.13. The van der Waals surface area contributed by atoms with E-state index in [1.807, 2.05) is 13.8 Å². The predicted octanol–water partition coefficient (Wildman–Crippen LogP) is 0.489. The molecule has 0 radical (unpaired) electrons. The second-order valence-electron chi connectivity index (χ2n) is 4.00. The van der Waals surface area contributed by atoms with Gasteiger partial charge in [-0.3, -0.25) is 0 Å². The van der Waals surface area contributed by atoms with Crippen LogP contribution in [0.3, 0.4) is 0 Å². The van der Waals surface area contributed by atoms with Crippen molar-refractivity contribution in [3.63, 3.8) is 0 Å². The fraction of sp³-hybridized carbons (Fsp3) is 1.00. The summed E-state index contributed by atoms with van der Waals surface area (Å²) in [5.41, 5.74) is -0.497. The number of hydrogen-bond donors (Lipinski definition) is 3. The zero-order valence-corrected chi connectivity index (χ0v) is 8.77. The van der Waals surface area contributed by atoms with Crippen LogP contribution in [-0.4, -0.2) is 36.4 Å². The van der Waals surface area contributed by atoms with E-state index in [2.05, 4.69) is 10.6 Å². The van der Waals surface area contributed by atoms with E-state index in [1.165, 1.54) is 6.42 Å². The fourth-order valence-electron chi connectivity index (χ4n) is 1.66. The lowest BCUT2D eigenvalue weighted by molar-refractivity contribution is 0.0304. The SMILES string of the molecule is CCC(O)(CC)CNC1CCNC1. The maximum atomic E-state index is 10.0. The molecule has 1 aliphatic rings. The van der Waals surface area contributed by atoms with E-state index in [0.29, 0.717) is 6.04 Å². The molecule has 3 heteroatoms. The van der Waals surface area contributed by atoms with Crippen molar-refractivity contribution in [2.45, 2.75) is 44.8 Å². The van der Waals surface area contributed by atoms with Crippen LogP contribution in [0.25, 0.3) is 0 Å². The van der Waals surface area contributed by atoms with Gasteiger partial charge in [0.15, 0.2) is 0 Å². The van der Waals surface area contributed by atoms with E-state index in [9.17, 15) is 5.11 Å². The van der Waals surface area contributed by atoms with Gasteiger partial charge in [-0.25, -0.2) is 0 Å². The maximum absolute atomic E-state index is 10.0. The Morgan fingerprint density at radius 3 is 2.62 bits per heavy atom. The van der Waals surface area contributed by atoms with Crippen LogP contribution in [0.15, 0.2) is 0 Å². The third-order valence-corrected chi connectivity index (χ3v) is 3.10. The van der Waals surface area contributed by atoms with Crippen molar-refractivity contribution in [1.82, 2.24) is 10.6 Å². The molecule has 1 fully saturated rings. The number of aliphatic hydroxyl groups is 1. The first-order valence-corrected chi connectivity index (χ1v) is 5.36. The van der Waals surface area contributed by atoms with Gasteiger partial charge in [-0.05, 0) is 25.8 Å². The zero-order valence-electron chi connectivity index (χ0n) is 8.77. The van der Waals surface area contributed by atoms with Crippen LogP contribution in [0.2, 0.25) is 0 Å². The van der Waals surface area contributed by atoms with Crippen molar-refractivity contribution in [2.75, 3.05) is 19.6 Å². The average Bonchev–Trinajstić information content (AvgIpc) is 2.67. The van der Waals surface area contributed by atoms with Crippen LogP contribution < -0.4 is 10.6 Å². The highest BCUT2D eigenvalue weighted by atomic mass is 16.3. The van der Waals surface area contributed by atoms with Crippen LogP contribution in [0.4, 0.5) is 0 Å². The molecule has 0 aliphatic carbocycles. The van der Waals surface area contributed by atoms with Gasteiger partial charge in [0.25, 0.3) is 0 Å². The Balaban J connectivity index is 2.22. The Labute approximate surface area is 80.9 Å². The van der Waals surface area contributed by atoms with Crippen molar-refractivity contribution in [3.05, 3.63) is 0 Å². The third kappa shape index (κ3) is 3.25. The van der Waals surface area contributed by atoms with Crippen molar-refractivity contribution >= 4 is 0 Å². The molecule has 1 atom stereocenters. The maximum Gasteiger partial charge on any atom is 0.0766 e. The van der Waals surface area contributed by atoms with Crippen molar-refractivity contribution in [3.8, 4) is 0 Å². The van der Waals surface area contributed by atoms with Crippen LogP contribution >= 0.6 is 0 Å². The molecule has 1 saturated heterocycles. The summed E-state index contributed by atoms with van der Waals surface area (Å²) in [5, 5.41) is 16.7. The molecule has 1 heterocycles. The van der Waals surface area contributed by atoms with Crippen molar-refractivity contribution in [1.29, 1.82) is 0 Å². The molecular weight excluding hydrogens is 164 g/mol. The van der Waals surface area contributed by atoms with Crippen LogP contribution in [0.1, 0.15) is 33.1 Å². The molecule has 0 aromatic rings. The summed E-state index contributed by atoms with van der Waals surface area (Å²) in [4.78, 5) is 0. The topological polar surface area (TPSA) is 44.3 Å². The molecule has 78 valence electrons. The minimum Gasteiger partial charge on any atom is -0.389 e. The first-order chi connectivity index (χ1) is 6.20. The summed E-state index contributed by atoms with van der Waals surface area (Å²) in [6, 6.07) is 0.560. The summed E-state index contributed by atoms with van der Waals surface area (Å²) in [6.45, 7) is 6.96. The normalized spacial score (nSPS) is 23.8. The van der Waals surface area contributed by atoms with E-state index >= 15 is 0 Å². The van der Waals surface area contributed by atoms with E-state index in [-0.39, 0.29) is 0 Å². The first kappa shape index (κ1) is 11.0. The summed E-state index contributed by atoms with van der Waals surface area (Å²) in [5.74, 6) is 0. The van der Waals surface area contributed by atoms with Gasteiger partial charge in [0.2, 0.25) is 0 Å². The number of nitrogens with one attached hydrogen (secondary N) is 2. The van der Waals surface area contributed by atoms with E-state index in [4.69, 9.17) is 0 Å². The lowest BCUT2D eigenvalue weighted by Crippen LogP contribution is -2.44. The summed E-state index contributed by atoms with van der Waals surface area (Å²) in [7, 11) is 0. The molecule has 1 rings (SSSR count). The third-order valence-electron chi connectivity index (χ3n) is 3.10. The van der Waals surface area contributed by atoms with Gasteiger partial charge < -0.3 is 15.7 Å². The monoisotopic (exact) mass is 186 g/mol. The number of rotatable bonds is 5. The van der Waals surface area contributed by atoms with Gasteiger partial charge in [-0.15, -0.1) is 0 Å². The molecule has 0 bridgehead atoms. The second kappa shape index (κ2) is 4.94. The van der Waals surface area contributed by atoms with Crippen molar-refractivity contribution < 1.29 is 5.11 Å². The Bertz CT molecular complexity index is 140. The minimum absolute atomic E-state index is 0.497. The lowest BCUT2D eigenvalue weighted by Gasteiger charge is -2.27. The average molecular weight is 186 g/mol. The summed E-state index contributed by atoms with van der Waals surface area (Å²) in [6.07, 6.45) is 2.84. The molecule has 0 amide bonds. The van der Waals surface area contributed by atoms with Gasteiger partial charge in [-0.1, -0.05) is 13.8 Å². The number of hydrogen-bond acceptors (Lipinski definition) is 3. The van der Waals surface area contributed by atoms with Gasteiger partial charge in [0, 0.05) is 19.1 Å². The first-order valence-electron chi connectivity index (χ1n) is 5.36. The molecule has 1 aliphatic heterocycles. The fourth-order valence-corrected chi connectivity index (χ4v) is 1.66. The Morgan fingerprint density at radius 2 is 2.15 bits per heavy atom. The zero-order chi connectivity index (χ0) is 9.73. The van der Waals surface area contributed by atoms with Gasteiger partial charge >= 0.3 is 0 Å². The van der Waals surface area contributed by atoms with Crippen LogP contribution in [-0.2, 0) is 0 Å². The van der Waals surface area contributed by atoms with Gasteiger partial charge in [0.1, 0.15) is 0 Å². The quantitative estimate of drug-likeness (QED) is 0.585. The van der Waals surface area contributed by atoms with E-state index < -0.39 is 5.60 Å². The Morgan fingerprint density at radius 1 is 1.46 bits per heavy atom. The summed E-state index contributed by atoms with van der Waals surface area (Å²) >= 11 is 0. The molecule has 0 saturated carbocycles. The highest BCUT2D eigenvalue weighted by Gasteiger charge is 2.24. The van der Waals surface area contributed by atoms with Gasteiger partial charge in [0.05, 0.1) is 5.60 Å². The molecule has 0 aromatic carbocycles. The van der Waals surface area contributed by atoms with Crippen LogP contribution in [0, 0.1) is 0 Å². The smallest absolute Gasteiger partial charge is 0.0766 e. The molecular formula is C10H22N2O.